The Morgan fingerprint density at radius 1 is 1.30 bits per heavy atom. The Bertz CT molecular complexity index is 511. The van der Waals surface area contributed by atoms with Crippen molar-refractivity contribution < 1.29 is 19.0 Å². The summed E-state index contributed by atoms with van der Waals surface area (Å²) in [6.07, 6.45) is 0. The van der Waals surface area contributed by atoms with E-state index >= 15 is 0 Å². The molecule has 0 aromatic heterocycles. The fourth-order valence-electron chi connectivity index (χ4n) is 1.66. The molecule has 0 saturated carbocycles. The van der Waals surface area contributed by atoms with Crippen LogP contribution in [0.15, 0.2) is 12.1 Å². The van der Waals surface area contributed by atoms with Crippen molar-refractivity contribution in [3.63, 3.8) is 0 Å². The second-order valence-corrected chi connectivity index (χ2v) is 8.44. The van der Waals surface area contributed by atoms with Gasteiger partial charge in [0, 0.05) is 0 Å². The molecule has 1 aromatic carbocycles. The second-order valence-electron chi connectivity index (χ2n) is 5.71. The van der Waals surface area contributed by atoms with Gasteiger partial charge in [0.05, 0.1) is 11.2 Å². The van der Waals surface area contributed by atoms with Gasteiger partial charge in [-0.3, -0.25) is 4.79 Å². The fraction of sp³-hybridized carbons (Fsp3) is 0.500. The quantitative estimate of drug-likeness (QED) is 0.514. The van der Waals surface area contributed by atoms with Crippen molar-refractivity contribution in [2.24, 2.45) is 5.41 Å². The molecule has 1 atom stereocenters. The highest BCUT2D eigenvalue weighted by atomic mass is 32.7. The number of aryl methyl sites for hydroxylation is 2. The van der Waals surface area contributed by atoms with Gasteiger partial charge < -0.3 is 4.74 Å². The Morgan fingerprint density at radius 3 is 2.20 bits per heavy atom. The van der Waals surface area contributed by atoms with E-state index in [0.29, 0.717) is 11.5 Å². The summed E-state index contributed by atoms with van der Waals surface area (Å²) in [4.78, 5) is 20.8. The first-order chi connectivity index (χ1) is 9.11. The number of hydrogen-bond acceptors (Lipinski definition) is 4. The van der Waals surface area contributed by atoms with Gasteiger partial charge >= 0.3 is 13.2 Å². The first kappa shape index (κ1) is 17.2. The van der Waals surface area contributed by atoms with Gasteiger partial charge in [-0.2, -0.15) is 4.89 Å². The summed E-state index contributed by atoms with van der Waals surface area (Å²) < 4.78 is 16.2. The van der Waals surface area contributed by atoms with Crippen LogP contribution in [0, 0.1) is 19.3 Å². The third kappa shape index (κ3) is 4.89. The SMILES string of the molecule is Cc1cc(CS[P+](=O)O)cc(C)c1OC(=O)C(C)(C)C. The van der Waals surface area contributed by atoms with Crippen LogP contribution in [-0.4, -0.2) is 10.9 Å². The fourth-order valence-corrected chi connectivity index (χ4v) is 2.86. The lowest BCUT2D eigenvalue weighted by Crippen LogP contribution is -2.26. The number of esters is 1. The molecule has 0 saturated heterocycles. The van der Waals surface area contributed by atoms with Crippen molar-refractivity contribution in [1.82, 2.24) is 0 Å². The van der Waals surface area contributed by atoms with E-state index in [9.17, 15) is 9.36 Å². The molecule has 0 amide bonds. The number of hydrogen-bond donors (Lipinski definition) is 1. The molecule has 1 aromatic rings. The van der Waals surface area contributed by atoms with Gasteiger partial charge in [-0.25, -0.2) is 0 Å². The van der Waals surface area contributed by atoms with E-state index in [4.69, 9.17) is 9.63 Å². The van der Waals surface area contributed by atoms with Gasteiger partial charge in [0.2, 0.25) is 0 Å². The predicted molar refractivity (Wildman–Crippen MR) is 82.1 cm³/mol. The first-order valence-corrected chi connectivity index (χ1v) is 9.03. The van der Waals surface area contributed by atoms with Crippen LogP contribution in [0.5, 0.6) is 5.75 Å². The number of ether oxygens (including phenoxy) is 1. The van der Waals surface area contributed by atoms with Crippen LogP contribution in [0.1, 0.15) is 37.5 Å². The third-order valence-corrected chi connectivity index (χ3v) is 4.40. The van der Waals surface area contributed by atoms with Gasteiger partial charge in [0.25, 0.3) is 0 Å². The summed E-state index contributed by atoms with van der Waals surface area (Å²) in [7, 11) is -2.20. The summed E-state index contributed by atoms with van der Waals surface area (Å²) in [5, 5.41) is 0. The van der Waals surface area contributed by atoms with Crippen LogP contribution >= 0.6 is 18.6 Å². The van der Waals surface area contributed by atoms with E-state index in [-0.39, 0.29) is 5.97 Å². The maximum atomic E-state index is 11.9. The summed E-state index contributed by atoms with van der Waals surface area (Å²) in [5.74, 6) is 0.761. The molecule has 1 N–H and O–H groups in total. The molecular weight excluding hydrogens is 295 g/mol. The minimum Gasteiger partial charge on any atom is -0.426 e. The minimum absolute atomic E-state index is 0.274. The monoisotopic (exact) mass is 315 g/mol. The van der Waals surface area contributed by atoms with Crippen molar-refractivity contribution >= 4 is 24.6 Å². The van der Waals surface area contributed by atoms with Crippen LogP contribution in [0.25, 0.3) is 0 Å². The highest BCUT2D eigenvalue weighted by molar-refractivity contribution is 8.49. The second kappa shape index (κ2) is 6.70. The Hall–Kier alpha value is -0.900. The van der Waals surface area contributed by atoms with Gasteiger partial charge in [-0.05, 0) is 55.9 Å². The van der Waals surface area contributed by atoms with Gasteiger partial charge in [0.1, 0.15) is 5.75 Å². The van der Waals surface area contributed by atoms with Gasteiger partial charge in [-0.1, -0.05) is 12.1 Å². The van der Waals surface area contributed by atoms with E-state index < -0.39 is 12.6 Å². The zero-order valence-electron chi connectivity index (χ0n) is 12.4. The molecule has 1 unspecified atom stereocenters. The predicted octanol–water partition coefficient (Wildman–Crippen LogP) is 4.14. The smallest absolute Gasteiger partial charge is 0.426 e. The molecule has 0 aliphatic rings. The highest BCUT2D eigenvalue weighted by Gasteiger charge is 2.25. The standard InChI is InChI=1S/C14H19O4PS/c1-9-6-11(8-20-19(16)17)7-10(2)12(9)18-13(15)14(3,4)5/h6-7H,8H2,1-5H3/p+1. The average molecular weight is 315 g/mol. The Morgan fingerprint density at radius 2 is 1.80 bits per heavy atom. The third-order valence-electron chi connectivity index (χ3n) is 2.67. The van der Waals surface area contributed by atoms with E-state index in [2.05, 4.69) is 0 Å². The van der Waals surface area contributed by atoms with Crippen molar-refractivity contribution in [1.29, 1.82) is 0 Å². The maximum absolute atomic E-state index is 11.9. The number of carbonyl (C=O) groups is 1. The molecule has 0 radical (unpaired) electrons. The van der Waals surface area contributed by atoms with Crippen molar-refractivity contribution in [3.05, 3.63) is 28.8 Å². The summed E-state index contributed by atoms with van der Waals surface area (Å²) >= 11 is 0.983. The van der Waals surface area contributed by atoms with Crippen LogP contribution in [-0.2, 0) is 15.1 Å². The van der Waals surface area contributed by atoms with Gasteiger partial charge in [0.15, 0.2) is 11.4 Å². The summed E-state index contributed by atoms with van der Waals surface area (Å²) in [5.41, 5.74) is 2.10. The van der Waals surface area contributed by atoms with E-state index in [0.717, 1.165) is 28.1 Å². The molecule has 0 spiro atoms. The Balaban J connectivity index is 2.95. The molecular formula is C14H20O4PS+. The van der Waals surface area contributed by atoms with Crippen LogP contribution in [0.4, 0.5) is 0 Å². The molecule has 4 nitrogen and oxygen atoms in total. The Kier molecular flexibility index (Phi) is 5.75. The summed E-state index contributed by atoms with van der Waals surface area (Å²) in [6.45, 7) is 9.16. The number of rotatable bonds is 4. The maximum Gasteiger partial charge on any atom is 0.583 e. The Labute approximate surface area is 124 Å². The zero-order chi connectivity index (χ0) is 15.5. The molecule has 6 heteroatoms. The van der Waals surface area contributed by atoms with E-state index in [1.807, 2.05) is 46.8 Å². The lowest BCUT2D eigenvalue weighted by atomic mass is 9.97. The number of benzene rings is 1. The molecule has 0 heterocycles. The minimum atomic E-state index is -2.20. The zero-order valence-corrected chi connectivity index (χ0v) is 14.1. The lowest BCUT2D eigenvalue weighted by molar-refractivity contribution is -0.143. The average Bonchev–Trinajstić information content (AvgIpc) is 2.29. The van der Waals surface area contributed by atoms with Crippen molar-refractivity contribution in [2.45, 2.75) is 40.4 Å². The molecule has 0 bridgehead atoms. The van der Waals surface area contributed by atoms with Crippen LogP contribution in [0.2, 0.25) is 0 Å². The molecule has 0 aliphatic heterocycles. The van der Waals surface area contributed by atoms with Crippen LogP contribution in [0.3, 0.4) is 0 Å². The topological polar surface area (TPSA) is 63.6 Å². The normalized spacial score (nSPS) is 12.2. The molecule has 20 heavy (non-hydrogen) atoms. The lowest BCUT2D eigenvalue weighted by Gasteiger charge is -2.19. The molecule has 110 valence electrons. The number of carbonyl (C=O) groups excluding carboxylic acids is 1. The molecule has 0 aliphatic carbocycles. The first-order valence-electron chi connectivity index (χ1n) is 6.22. The van der Waals surface area contributed by atoms with Crippen LogP contribution < -0.4 is 4.74 Å². The van der Waals surface area contributed by atoms with Gasteiger partial charge in [-0.15, -0.1) is 0 Å². The molecule has 1 rings (SSSR count). The summed E-state index contributed by atoms with van der Waals surface area (Å²) in [6, 6.07) is 3.76. The van der Waals surface area contributed by atoms with Crippen molar-refractivity contribution in [2.75, 3.05) is 0 Å². The highest BCUT2D eigenvalue weighted by Crippen LogP contribution is 2.37. The largest absolute Gasteiger partial charge is 0.583 e. The van der Waals surface area contributed by atoms with Crippen molar-refractivity contribution in [3.8, 4) is 5.75 Å². The molecule has 0 fully saturated rings. The van der Waals surface area contributed by atoms with E-state index in [1.165, 1.54) is 0 Å². The van der Waals surface area contributed by atoms with E-state index in [1.54, 1.807) is 0 Å².